The average Bonchev–Trinajstić information content (AvgIpc) is 2.31. The lowest BCUT2D eigenvalue weighted by Gasteiger charge is -2.23. The summed E-state index contributed by atoms with van der Waals surface area (Å²) in [5.41, 5.74) is 0. The highest BCUT2D eigenvalue weighted by molar-refractivity contribution is 9.12. The third-order valence-corrected chi connectivity index (χ3v) is 9.97. The van der Waals surface area contributed by atoms with Crippen molar-refractivity contribution >= 4 is 79.6 Å². The van der Waals surface area contributed by atoms with E-state index in [1.165, 1.54) is 44.9 Å². The van der Waals surface area contributed by atoms with Crippen LogP contribution in [0.1, 0.15) is 44.9 Å². The van der Waals surface area contributed by atoms with E-state index in [1.807, 2.05) is 0 Å². The number of alkyl halides is 5. The van der Waals surface area contributed by atoms with Crippen LogP contribution in [0.5, 0.6) is 0 Å². The van der Waals surface area contributed by atoms with Crippen molar-refractivity contribution in [3.63, 3.8) is 0 Å². The summed E-state index contributed by atoms with van der Waals surface area (Å²) < 4.78 is 0. The Kier molecular flexibility index (Phi) is 9.61. The Labute approximate surface area is 147 Å². The van der Waals surface area contributed by atoms with Crippen LogP contribution in [0.2, 0.25) is 0 Å². The first-order valence-electron chi connectivity index (χ1n) is 6.21. The highest BCUT2D eigenvalue weighted by Gasteiger charge is 2.22. The molecule has 5 heteroatoms. The van der Waals surface area contributed by atoms with Gasteiger partial charge in [0.15, 0.2) is 0 Å². The normalized spacial score (nSPS) is 42.5. The number of hydrogen-bond donors (Lipinski definition) is 0. The third kappa shape index (κ3) is 7.10. The summed E-state index contributed by atoms with van der Waals surface area (Å²) in [5.74, 6) is 0. The fourth-order valence-corrected chi connectivity index (χ4v) is 4.82. The van der Waals surface area contributed by atoms with Crippen molar-refractivity contribution in [3.8, 4) is 0 Å². The Morgan fingerprint density at radius 2 is 0.882 bits per heavy atom. The molecule has 1 rings (SSSR count). The molecule has 0 saturated heterocycles. The molecule has 1 aliphatic rings. The van der Waals surface area contributed by atoms with Gasteiger partial charge in [-0.2, -0.15) is 0 Å². The maximum absolute atomic E-state index is 3.81. The second-order valence-corrected chi connectivity index (χ2v) is 10.7. The van der Waals surface area contributed by atoms with Crippen molar-refractivity contribution in [2.75, 3.05) is 0 Å². The Hall–Kier alpha value is 2.40. The summed E-state index contributed by atoms with van der Waals surface area (Å²) in [7, 11) is 0. The van der Waals surface area contributed by atoms with Gasteiger partial charge in [0.1, 0.15) is 0 Å². The Bertz CT molecular complexity index is 211. The van der Waals surface area contributed by atoms with E-state index in [0.717, 1.165) is 0 Å². The molecule has 0 aromatic rings. The summed E-state index contributed by atoms with van der Waals surface area (Å²) in [6.45, 7) is 0. The number of hydrogen-bond acceptors (Lipinski definition) is 0. The highest BCUT2D eigenvalue weighted by Crippen LogP contribution is 2.32. The van der Waals surface area contributed by atoms with Crippen molar-refractivity contribution in [1.29, 1.82) is 0 Å². The van der Waals surface area contributed by atoms with E-state index in [-0.39, 0.29) is 0 Å². The summed E-state index contributed by atoms with van der Waals surface area (Å²) >= 11 is 19.0. The van der Waals surface area contributed by atoms with E-state index in [2.05, 4.69) is 79.6 Å². The van der Waals surface area contributed by atoms with Gasteiger partial charge < -0.3 is 0 Å². The number of halogens is 5. The zero-order valence-corrected chi connectivity index (χ0v) is 17.7. The molecule has 1 saturated carbocycles. The second kappa shape index (κ2) is 9.36. The van der Waals surface area contributed by atoms with Crippen molar-refractivity contribution in [2.24, 2.45) is 0 Å². The molecule has 0 bridgehead atoms. The fourth-order valence-electron chi connectivity index (χ4n) is 2.06. The lowest BCUT2D eigenvalue weighted by atomic mass is 10.0. The minimum absolute atomic E-state index is 0.585. The highest BCUT2D eigenvalue weighted by atomic mass is 79.9. The molecule has 0 spiro atoms. The molecule has 0 amide bonds. The van der Waals surface area contributed by atoms with Crippen LogP contribution in [0.3, 0.4) is 0 Å². The van der Waals surface area contributed by atoms with Gasteiger partial charge in [0.25, 0.3) is 0 Å². The molecule has 17 heavy (non-hydrogen) atoms. The maximum Gasteiger partial charge on any atom is 0.0271 e. The van der Waals surface area contributed by atoms with Gasteiger partial charge in [0, 0.05) is 24.1 Å². The van der Waals surface area contributed by atoms with Gasteiger partial charge >= 0.3 is 0 Å². The Morgan fingerprint density at radius 1 is 0.471 bits per heavy atom. The molecule has 1 fully saturated rings. The quantitative estimate of drug-likeness (QED) is 0.294. The van der Waals surface area contributed by atoms with Gasteiger partial charge in [0.2, 0.25) is 0 Å². The van der Waals surface area contributed by atoms with Gasteiger partial charge in [-0.3, -0.25) is 0 Å². The minimum Gasteiger partial charge on any atom is -0.0891 e. The Morgan fingerprint density at radius 3 is 1.41 bits per heavy atom. The van der Waals surface area contributed by atoms with Crippen LogP contribution in [0.25, 0.3) is 0 Å². The molecule has 0 aromatic heterocycles. The standard InChI is InChI=1S/C12H19Br5/c13-8-2-1-3-9(14)11(16)6-7-12(17)10(15)5-4-8/h8-12H,1-7H2. The molecule has 0 N–H and O–H groups in total. The maximum atomic E-state index is 3.81. The molecule has 0 heterocycles. The molecule has 102 valence electrons. The molecular weight excluding hydrogens is 544 g/mol. The fraction of sp³-hybridized carbons (Fsp3) is 1.00. The lowest BCUT2D eigenvalue weighted by Crippen LogP contribution is -2.21. The molecule has 1 aliphatic carbocycles. The van der Waals surface area contributed by atoms with Crippen molar-refractivity contribution in [1.82, 2.24) is 0 Å². The average molecular weight is 563 g/mol. The van der Waals surface area contributed by atoms with E-state index >= 15 is 0 Å². The minimum atomic E-state index is 0.585. The van der Waals surface area contributed by atoms with Gasteiger partial charge in [-0.15, -0.1) is 0 Å². The van der Waals surface area contributed by atoms with E-state index in [4.69, 9.17) is 0 Å². The molecule has 0 aliphatic heterocycles. The summed E-state index contributed by atoms with van der Waals surface area (Å²) in [6.07, 6.45) is 8.82. The predicted molar refractivity (Wildman–Crippen MR) is 95.9 cm³/mol. The van der Waals surface area contributed by atoms with Crippen LogP contribution < -0.4 is 0 Å². The smallest absolute Gasteiger partial charge is 0.0271 e. The largest absolute Gasteiger partial charge is 0.0891 e. The van der Waals surface area contributed by atoms with Crippen LogP contribution in [-0.4, -0.2) is 24.1 Å². The molecule has 5 unspecified atom stereocenters. The van der Waals surface area contributed by atoms with Crippen molar-refractivity contribution in [3.05, 3.63) is 0 Å². The summed E-state index contributed by atoms with van der Waals surface area (Å²) in [4.78, 5) is 3.05. The molecule has 0 aromatic carbocycles. The van der Waals surface area contributed by atoms with E-state index in [9.17, 15) is 0 Å². The van der Waals surface area contributed by atoms with Gasteiger partial charge in [-0.1, -0.05) is 86.1 Å². The van der Waals surface area contributed by atoms with Gasteiger partial charge in [-0.05, 0) is 38.5 Å². The zero-order chi connectivity index (χ0) is 12.8. The van der Waals surface area contributed by atoms with Crippen LogP contribution in [0.15, 0.2) is 0 Å². The molecule has 5 atom stereocenters. The summed E-state index contributed by atoms with van der Waals surface area (Å²) in [6, 6.07) is 0. The topological polar surface area (TPSA) is 0 Å². The van der Waals surface area contributed by atoms with E-state index in [0.29, 0.717) is 24.1 Å². The van der Waals surface area contributed by atoms with Crippen molar-refractivity contribution < 1.29 is 0 Å². The first kappa shape index (κ1) is 17.5. The monoisotopic (exact) mass is 558 g/mol. The van der Waals surface area contributed by atoms with Crippen LogP contribution >= 0.6 is 79.6 Å². The lowest BCUT2D eigenvalue weighted by molar-refractivity contribution is 0.547. The second-order valence-electron chi connectivity index (χ2n) is 4.75. The van der Waals surface area contributed by atoms with E-state index < -0.39 is 0 Å². The summed E-state index contributed by atoms with van der Waals surface area (Å²) in [5, 5.41) is 0. The first-order valence-corrected chi connectivity index (χ1v) is 10.8. The zero-order valence-electron chi connectivity index (χ0n) is 9.73. The first-order chi connectivity index (χ1) is 8.00. The van der Waals surface area contributed by atoms with Crippen LogP contribution in [-0.2, 0) is 0 Å². The van der Waals surface area contributed by atoms with Gasteiger partial charge in [-0.25, -0.2) is 0 Å². The molecular formula is C12H19Br5. The van der Waals surface area contributed by atoms with Crippen molar-refractivity contribution in [2.45, 2.75) is 69.1 Å². The molecule has 0 nitrogen and oxygen atoms in total. The molecule has 0 radical (unpaired) electrons. The van der Waals surface area contributed by atoms with Crippen LogP contribution in [0, 0.1) is 0 Å². The SMILES string of the molecule is BrC1CCCC(Br)C(Br)CCC(Br)C(Br)CC1. The number of rotatable bonds is 0. The van der Waals surface area contributed by atoms with Gasteiger partial charge in [0.05, 0.1) is 0 Å². The van der Waals surface area contributed by atoms with Crippen LogP contribution in [0.4, 0.5) is 0 Å². The Balaban J connectivity index is 2.51. The predicted octanol–water partition coefficient (Wildman–Crippen LogP) is 6.55. The van der Waals surface area contributed by atoms with E-state index in [1.54, 1.807) is 0 Å². The third-order valence-electron chi connectivity index (χ3n) is 3.26.